The molecule has 0 aliphatic rings. The maximum atomic E-state index is 15.0. The van der Waals surface area contributed by atoms with Crippen molar-refractivity contribution in [2.75, 3.05) is 23.8 Å². The molecule has 10 nitrogen and oxygen atoms in total. The predicted octanol–water partition coefficient (Wildman–Crippen LogP) is 5.51. The van der Waals surface area contributed by atoms with Crippen LogP contribution in [0.25, 0.3) is 21.9 Å². The highest BCUT2D eigenvalue weighted by Gasteiger charge is 2.22. The van der Waals surface area contributed by atoms with Crippen LogP contribution in [-0.2, 0) is 9.47 Å². The molecule has 0 saturated carbocycles. The molecule has 3 heterocycles. The van der Waals surface area contributed by atoms with Gasteiger partial charge in [0.15, 0.2) is 11.6 Å². The largest absolute Gasteiger partial charge is 0.460 e. The van der Waals surface area contributed by atoms with Crippen molar-refractivity contribution in [3.8, 4) is 0 Å². The number of nitrogens with two attached hydrogens (primary N) is 1. The van der Waals surface area contributed by atoms with E-state index in [2.05, 4.69) is 9.97 Å². The number of hydrogen-bond donors (Lipinski definition) is 1. The van der Waals surface area contributed by atoms with Gasteiger partial charge in [-0.05, 0) is 62.4 Å². The SMILES string of the molecule is CCOC(=O)c1cc2cc(N(c3ccc4oc(C(=O)OCC)cc4c3)c3nc(N)ncc3F)ccc2o1. The Bertz CT molecular complexity index is 1550. The van der Waals surface area contributed by atoms with Crippen LogP contribution in [0.5, 0.6) is 0 Å². The van der Waals surface area contributed by atoms with Gasteiger partial charge >= 0.3 is 11.9 Å². The first-order valence-electron chi connectivity index (χ1n) is 11.4. The van der Waals surface area contributed by atoms with Crippen LogP contribution in [0, 0.1) is 5.82 Å². The van der Waals surface area contributed by atoms with Crippen molar-refractivity contribution in [2.45, 2.75) is 13.8 Å². The van der Waals surface area contributed by atoms with Gasteiger partial charge in [-0.1, -0.05) is 0 Å². The number of esters is 2. The Kier molecular flexibility index (Phi) is 6.18. The Labute approximate surface area is 209 Å². The first-order valence-corrected chi connectivity index (χ1v) is 11.4. The van der Waals surface area contributed by atoms with Crippen molar-refractivity contribution in [1.82, 2.24) is 9.97 Å². The Balaban J connectivity index is 1.64. The summed E-state index contributed by atoms with van der Waals surface area (Å²) in [6.45, 7) is 3.81. The molecule has 0 unspecified atom stereocenters. The maximum Gasteiger partial charge on any atom is 0.374 e. The highest BCUT2D eigenvalue weighted by atomic mass is 19.1. The van der Waals surface area contributed by atoms with Crippen LogP contribution in [-0.4, -0.2) is 35.1 Å². The summed E-state index contributed by atoms with van der Waals surface area (Å²) in [6, 6.07) is 13.2. The number of halogens is 1. The molecule has 0 aliphatic heterocycles. The second-order valence-electron chi connectivity index (χ2n) is 7.84. The van der Waals surface area contributed by atoms with Crippen LogP contribution in [0.2, 0.25) is 0 Å². The lowest BCUT2D eigenvalue weighted by Gasteiger charge is -2.24. The molecule has 5 rings (SSSR count). The molecule has 0 radical (unpaired) electrons. The van der Waals surface area contributed by atoms with Gasteiger partial charge in [-0.25, -0.2) is 19.0 Å². The van der Waals surface area contributed by atoms with E-state index in [-0.39, 0.29) is 36.5 Å². The molecular weight excluding hydrogens is 483 g/mol. The number of carbonyl (C=O) groups excluding carboxylic acids is 2. The zero-order valence-corrected chi connectivity index (χ0v) is 19.9. The van der Waals surface area contributed by atoms with E-state index in [1.165, 1.54) is 4.90 Å². The summed E-state index contributed by atoms with van der Waals surface area (Å²) in [5.74, 6) is -2.02. The number of nitrogens with zero attached hydrogens (tertiary/aromatic N) is 3. The van der Waals surface area contributed by atoms with Gasteiger partial charge in [0.1, 0.15) is 11.2 Å². The van der Waals surface area contributed by atoms with Gasteiger partial charge in [-0.15, -0.1) is 0 Å². The molecule has 0 atom stereocenters. The second kappa shape index (κ2) is 9.61. The normalized spacial score (nSPS) is 11.1. The minimum Gasteiger partial charge on any atom is -0.460 e. The third kappa shape index (κ3) is 4.54. The second-order valence-corrected chi connectivity index (χ2v) is 7.84. The molecule has 0 aliphatic carbocycles. The number of ether oxygens (including phenoxy) is 2. The van der Waals surface area contributed by atoms with Gasteiger partial charge in [0.2, 0.25) is 17.5 Å². The number of furan rings is 2. The molecule has 3 aromatic heterocycles. The van der Waals surface area contributed by atoms with Gasteiger partial charge in [0, 0.05) is 22.1 Å². The van der Waals surface area contributed by atoms with Crippen molar-refractivity contribution in [1.29, 1.82) is 0 Å². The van der Waals surface area contributed by atoms with Crippen LogP contribution in [0.4, 0.5) is 27.5 Å². The van der Waals surface area contributed by atoms with Crippen molar-refractivity contribution in [3.63, 3.8) is 0 Å². The summed E-state index contributed by atoms with van der Waals surface area (Å²) in [7, 11) is 0. The molecule has 0 amide bonds. The average molecular weight is 504 g/mol. The summed E-state index contributed by atoms with van der Waals surface area (Å²) >= 11 is 0. The number of benzene rings is 2. The van der Waals surface area contributed by atoms with Gasteiger partial charge in [0.05, 0.1) is 19.4 Å². The standard InChI is InChI=1S/C26H21FN4O6/c1-3-34-24(32)21-11-14-9-16(5-7-19(14)36-21)31(23-18(27)13-29-26(28)30-23)17-6-8-20-15(10-17)12-22(37-20)25(33)35-4-2/h5-13H,3-4H2,1-2H3,(H2,28,29,30). The number of rotatable bonds is 7. The fourth-order valence-corrected chi connectivity index (χ4v) is 3.87. The Morgan fingerprint density at radius 3 is 1.89 bits per heavy atom. The maximum absolute atomic E-state index is 15.0. The lowest BCUT2D eigenvalue weighted by Crippen LogP contribution is -2.15. The number of hydrogen-bond acceptors (Lipinski definition) is 10. The topological polar surface area (TPSA) is 134 Å². The van der Waals surface area contributed by atoms with E-state index in [0.717, 1.165) is 6.20 Å². The molecule has 37 heavy (non-hydrogen) atoms. The van der Waals surface area contributed by atoms with E-state index in [1.54, 1.807) is 62.4 Å². The molecule has 0 spiro atoms. The molecule has 188 valence electrons. The molecule has 0 bridgehead atoms. The van der Waals surface area contributed by atoms with E-state index in [0.29, 0.717) is 33.3 Å². The van der Waals surface area contributed by atoms with Gasteiger partial charge in [0.25, 0.3) is 0 Å². The molecule has 11 heteroatoms. The number of anilines is 4. The molecule has 0 saturated heterocycles. The lowest BCUT2D eigenvalue weighted by molar-refractivity contribution is 0.0484. The van der Waals surface area contributed by atoms with Gasteiger partial charge in [-0.3, -0.25) is 4.90 Å². The first kappa shape index (κ1) is 23.8. The molecule has 0 fully saturated rings. The fourth-order valence-electron chi connectivity index (χ4n) is 3.87. The third-order valence-electron chi connectivity index (χ3n) is 5.43. The van der Waals surface area contributed by atoms with Crippen molar-refractivity contribution in [2.24, 2.45) is 0 Å². The number of nitrogen functional groups attached to an aromatic ring is 1. The quantitative estimate of drug-likeness (QED) is 0.283. The fraction of sp³-hybridized carbons (Fsp3) is 0.154. The smallest absolute Gasteiger partial charge is 0.374 e. The van der Waals surface area contributed by atoms with E-state index in [9.17, 15) is 9.59 Å². The number of carbonyl (C=O) groups is 2. The third-order valence-corrected chi connectivity index (χ3v) is 5.43. The van der Waals surface area contributed by atoms with Crippen molar-refractivity contribution in [3.05, 3.63) is 72.1 Å². The Morgan fingerprint density at radius 2 is 1.41 bits per heavy atom. The summed E-state index contributed by atoms with van der Waals surface area (Å²) in [5.41, 5.74) is 7.66. The number of aromatic nitrogens is 2. The summed E-state index contributed by atoms with van der Waals surface area (Å²) in [5, 5.41) is 1.17. The zero-order chi connectivity index (χ0) is 26.1. The van der Waals surface area contributed by atoms with Crippen molar-refractivity contribution < 1.29 is 32.3 Å². The van der Waals surface area contributed by atoms with Gasteiger partial charge < -0.3 is 24.0 Å². The molecule has 5 aromatic rings. The minimum atomic E-state index is -0.715. The zero-order valence-electron chi connectivity index (χ0n) is 19.9. The Morgan fingerprint density at radius 1 is 0.892 bits per heavy atom. The highest BCUT2D eigenvalue weighted by Crippen LogP contribution is 2.38. The van der Waals surface area contributed by atoms with Crippen LogP contribution in [0.3, 0.4) is 0 Å². The van der Waals surface area contributed by atoms with Crippen LogP contribution in [0.15, 0.2) is 63.6 Å². The predicted molar refractivity (Wildman–Crippen MR) is 133 cm³/mol. The Hall–Kier alpha value is -4.93. The van der Waals surface area contributed by atoms with E-state index in [4.69, 9.17) is 24.0 Å². The minimum absolute atomic E-state index is 0.0457. The molecule has 2 N–H and O–H groups in total. The molecular formula is C26H21FN4O6. The molecule has 2 aromatic carbocycles. The monoisotopic (exact) mass is 504 g/mol. The number of fused-ring (bicyclic) bond motifs is 2. The highest BCUT2D eigenvalue weighted by molar-refractivity contribution is 5.96. The van der Waals surface area contributed by atoms with E-state index in [1.807, 2.05) is 0 Å². The average Bonchev–Trinajstić information content (AvgIpc) is 3.50. The summed E-state index contributed by atoms with van der Waals surface area (Å²) < 4.78 is 36.3. The van der Waals surface area contributed by atoms with Gasteiger partial charge in [-0.2, -0.15) is 4.98 Å². The van der Waals surface area contributed by atoms with E-state index >= 15 is 4.39 Å². The van der Waals surface area contributed by atoms with Crippen LogP contribution in [0.1, 0.15) is 35.0 Å². The lowest BCUT2D eigenvalue weighted by atomic mass is 10.1. The first-order chi connectivity index (χ1) is 17.9. The van der Waals surface area contributed by atoms with E-state index < -0.39 is 17.8 Å². The van der Waals surface area contributed by atoms with Crippen LogP contribution < -0.4 is 10.6 Å². The van der Waals surface area contributed by atoms with Crippen molar-refractivity contribution >= 4 is 57.0 Å². The summed E-state index contributed by atoms with van der Waals surface area (Å²) in [4.78, 5) is 33.6. The van der Waals surface area contributed by atoms with Crippen LogP contribution >= 0.6 is 0 Å². The summed E-state index contributed by atoms with van der Waals surface area (Å²) in [6.07, 6.45) is 0.981.